The van der Waals surface area contributed by atoms with Gasteiger partial charge in [-0.05, 0) is 56.7 Å². The molecule has 0 bridgehead atoms. The van der Waals surface area contributed by atoms with Gasteiger partial charge < -0.3 is 20.7 Å². The van der Waals surface area contributed by atoms with Gasteiger partial charge in [0.15, 0.2) is 5.96 Å². The topological polar surface area (TPSA) is 92.6 Å². The average molecular weight is 576 g/mol. The van der Waals surface area contributed by atoms with Crippen molar-refractivity contribution in [2.24, 2.45) is 4.99 Å². The van der Waals surface area contributed by atoms with E-state index >= 15 is 0 Å². The summed E-state index contributed by atoms with van der Waals surface area (Å²) in [4.78, 5) is 17.1. The van der Waals surface area contributed by atoms with Crippen LogP contribution in [0.4, 0.5) is 0 Å². The molecule has 3 rings (SSSR count). The lowest BCUT2D eigenvalue weighted by molar-refractivity contribution is 0.0954. The molecule has 0 aliphatic heterocycles. The number of halogens is 1. The van der Waals surface area contributed by atoms with Crippen LogP contribution in [0.1, 0.15) is 34.2 Å². The average Bonchev–Trinajstić information content (AvgIpc) is 3.17. The van der Waals surface area contributed by atoms with Crippen LogP contribution in [0.5, 0.6) is 5.75 Å². The molecule has 0 aliphatic carbocycles. The molecule has 9 heteroatoms. The van der Waals surface area contributed by atoms with E-state index in [-0.39, 0.29) is 29.9 Å². The van der Waals surface area contributed by atoms with Crippen LogP contribution in [0, 0.1) is 13.8 Å². The molecule has 1 aromatic heterocycles. The molecule has 3 aromatic rings. The molecule has 0 saturated heterocycles. The molecule has 0 unspecified atom stereocenters. The maximum atomic E-state index is 12.3. The predicted octanol–water partition coefficient (Wildman–Crippen LogP) is 3.60. The molecule has 1 amide bonds. The fraction of sp³-hybridized carbons (Fsp3) is 0.320. The van der Waals surface area contributed by atoms with Crippen LogP contribution in [0.15, 0.2) is 59.6 Å². The first-order valence-corrected chi connectivity index (χ1v) is 11.1. The number of ether oxygens (including phenoxy) is 1. The molecule has 0 aliphatic rings. The van der Waals surface area contributed by atoms with Crippen LogP contribution in [0.3, 0.4) is 0 Å². The minimum Gasteiger partial charge on any atom is -0.497 e. The van der Waals surface area contributed by atoms with Gasteiger partial charge in [0.05, 0.1) is 25.0 Å². The molecule has 3 N–H and O–H groups in total. The Labute approximate surface area is 218 Å². The highest BCUT2D eigenvalue weighted by Gasteiger charge is 2.09. The van der Waals surface area contributed by atoms with Crippen LogP contribution >= 0.6 is 24.0 Å². The van der Waals surface area contributed by atoms with Crippen molar-refractivity contribution in [1.82, 2.24) is 25.7 Å². The number of hydrogen-bond donors (Lipinski definition) is 3. The lowest BCUT2D eigenvalue weighted by atomic mass is 10.2. The Morgan fingerprint density at radius 3 is 2.50 bits per heavy atom. The third-order valence-electron chi connectivity index (χ3n) is 5.02. The maximum absolute atomic E-state index is 12.3. The van der Waals surface area contributed by atoms with Crippen molar-refractivity contribution < 1.29 is 9.53 Å². The number of rotatable bonds is 9. The fourth-order valence-corrected chi connectivity index (χ4v) is 3.45. The molecule has 0 radical (unpaired) electrons. The van der Waals surface area contributed by atoms with Crippen molar-refractivity contribution in [1.29, 1.82) is 0 Å². The van der Waals surface area contributed by atoms with Crippen LogP contribution in [-0.4, -0.2) is 48.4 Å². The lowest BCUT2D eigenvalue weighted by Crippen LogP contribution is -2.41. The molecule has 8 nitrogen and oxygen atoms in total. The number of guanidine groups is 1. The predicted molar refractivity (Wildman–Crippen MR) is 147 cm³/mol. The minimum absolute atomic E-state index is 0. The largest absolute Gasteiger partial charge is 0.497 e. The summed E-state index contributed by atoms with van der Waals surface area (Å²) in [5.41, 5.74) is 4.73. The first kappa shape index (κ1) is 27.2. The highest BCUT2D eigenvalue weighted by Crippen LogP contribution is 2.18. The number of para-hydroxylation sites is 1. The Morgan fingerprint density at radius 1 is 1.03 bits per heavy atom. The van der Waals surface area contributed by atoms with Crippen molar-refractivity contribution in [2.75, 3.05) is 26.7 Å². The molecular weight excluding hydrogens is 543 g/mol. The number of nitrogens with one attached hydrogen (secondary N) is 3. The van der Waals surface area contributed by atoms with E-state index in [4.69, 9.17) is 9.73 Å². The third kappa shape index (κ3) is 7.47. The Kier molecular flexibility index (Phi) is 10.9. The van der Waals surface area contributed by atoms with Crippen molar-refractivity contribution >= 4 is 35.8 Å². The number of aromatic nitrogens is 2. The van der Waals surface area contributed by atoms with E-state index in [0.717, 1.165) is 29.2 Å². The molecule has 0 fully saturated rings. The van der Waals surface area contributed by atoms with Gasteiger partial charge in [0.1, 0.15) is 5.75 Å². The Bertz CT molecular complexity index is 1110. The summed E-state index contributed by atoms with van der Waals surface area (Å²) in [5.74, 6) is 1.20. The zero-order chi connectivity index (χ0) is 23.6. The van der Waals surface area contributed by atoms with E-state index in [0.29, 0.717) is 36.9 Å². The van der Waals surface area contributed by atoms with Gasteiger partial charge in [-0.15, -0.1) is 24.0 Å². The van der Waals surface area contributed by atoms with Gasteiger partial charge in [-0.25, -0.2) is 9.67 Å². The van der Waals surface area contributed by atoms with E-state index in [1.54, 1.807) is 25.3 Å². The molecular formula is C25H33IN6O2. The van der Waals surface area contributed by atoms with E-state index in [1.807, 2.05) is 43.7 Å². The number of aryl methyl sites for hydroxylation is 2. The highest BCUT2D eigenvalue weighted by atomic mass is 127. The molecule has 0 saturated carbocycles. The number of hydrogen-bond acceptors (Lipinski definition) is 4. The SMILES string of the molecule is CCNC(=NCc1ccccc1-n1nc(C)cc1C)NCCNC(=O)c1cccc(OC)c1.I. The fourth-order valence-electron chi connectivity index (χ4n) is 3.45. The minimum atomic E-state index is -0.142. The number of amides is 1. The van der Waals surface area contributed by atoms with Gasteiger partial charge in [0, 0.05) is 30.9 Å². The van der Waals surface area contributed by atoms with E-state index in [2.05, 4.69) is 39.2 Å². The first-order valence-electron chi connectivity index (χ1n) is 11.1. The molecule has 2 aromatic carbocycles. The number of carbonyl (C=O) groups excluding carboxylic acids is 1. The number of nitrogens with zero attached hydrogens (tertiary/aromatic N) is 3. The first-order chi connectivity index (χ1) is 16.0. The summed E-state index contributed by atoms with van der Waals surface area (Å²) in [6, 6.07) is 17.3. The van der Waals surface area contributed by atoms with Crippen LogP contribution < -0.4 is 20.7 Å². The zero-order valence-electron chi connectivity index (χ0n) is 20.1. The molecule has 0 spiro atoms. The Morgan fingerprint density at radius 2 is 1.79 bits per heavy atom. The summed E-state index contributed by atoms with van der Waals surface area (Å²) in [6.07, 6.45) is 0. The molecule has 182 valence electrons. The smallest absolute Gasteiger partial charge is 0.251 e. The van der Waals surface area contributed by atoms with Gasteiger partial charge in [0.2, 0.25) is 0 Å². The van der Waals surface area contributed by atoms with Crippen molar-refractivity contribution in [3.05, 3.63) is 77.1 Å². The zero-order valence-corrected chi connectivity index (χ0v) is 22.4. The van der Waals surface area contributed by atoms with Gasteiger partial charge in [0.25, 0.3) is 5.91 Å². The lowest BCUT2D eigenvalue weighted by Gasteiger charge is -2.13. The number of aliphatic imine (C=N–C) groups is 1. The number of carbonyl (C=O) groups is 1. The van der Waals surface area contributed by atoms with E-state index in [1.165, 1.54) is 0 Å². The van der Waals surface area contributed by atoms with Crippen LogP contribution in [0.2, 0.25) is 0 Å². The summed E-state index contributed by atoms with van der Waals surface area (Å²) in [7, 11) is 1.58. The second kappa shape index (κ2) is 13.6. The van der Waals surface area contributed by atoms with Gasteiger partial charge in [-0.2, -0.15) is 5.10 Å². The summed E-state index contributed by atoms with van der Waals surface area (Å²) >= 11 is 0. The summed E-state index contributed by atoms with van der Waals surface area (Å²) < 4.78 is 7.13. The van der Waals surface area contributed by atoms with Crippen molar-refractivity contribution in [2.45, 2.75) is 27.3 Å². The van der Waals surface area contributed by atoms with Gasteiger partial charge in [-0.1, -0.05) is 24.3 Å². The molecule has 34 heavy (non-hydrogen) atoms. The Hall–Kier alpha value is -3.08. The van der Waals surface area contributed by atoms with Crippen molar-refractivity contribution in [3.63, 3.8) is 0 Å². The van der Waals surface area contributed by atoms with Crippen molar-refractivity contribution in [3.8, 4) is 11.4 Å². The molecule has 1 heterocycles. The number of methoxy groups -OCH3 is 1. The van der Waals surface area contributed by atoms with E-state index in [9.17, 15) is 4.79 Å². The van der Waals surface area contributed by atoms with Crippen LogP contribution in [-0.2, 0) is 6.54 Å². The molecule has 0 atom stereocenters. The number of benzene rings is 2. The summed E-state index contributed by atoms with van der Waals surface area (Å²) in [5, 5.41) is 14.0. The quantitative estimate of drug-likeness (QED) is 0.157. The maximum Gasteiger partial charge on any atom is 0.251 e. The second-order valence-corrected chi connectivity index (χ2v) is 7.58. The van der Waals surface area contributed by atoms with Gasteiger partial charge in [-0.3, -0.25) is 4.79 Å². The van der Waals surface area contributed by atoms with Crippen LogP contribution in [0.25, 0.3) is 5.69 Å². The monoisotopic (exact) mass is 576 g/mol. The van der Waals surface area contributed by atoms with E-state index < -0.39 is 0 Å². The third-order valence-corrected chi connectivity index (χ3v) is 5.02. The summed E-state index contributed by atoms with van der Waals surface area (Å²) in [6.45, 7) is 8.30. The normalized spacial score (nSPS) is 10.9. The van der Waals surface area contributed by atoms with Gasteiger partial charge >= 0.3 is 0 Å². The second-order valence-electron chi connectivity index (χ2n) is 7.58. The Balaban J connectivity index is 0.00000408. The standard InChI is InChI=1S/C25H32N6O2.HI/c1-5-26-25(28-14-13-27-24(32)20-10-8-11-22(16-20)33-4)29-17-21-9-6-7-12-23(21)31-19(3)15-18(2)30-31;/h6-12,15-16H,5,13-14,17H2,1-4H3,(H,27,32)(H2,26,28,29);1H. The highest BCUT2D eigenvalue weighted by molar-refractivity contribution is 14.0.